The Morgan fingerprint density at radius 1 is 1.32 bits per heavy atom. The van der Waals surface area contributed by atoms with Crippen molar-refractivity contribution in [1.29, 1.82) is 5.26 Å². The Labute approximate surface area is 142 Å². The van der Waals surface area contributed by atoms with Crippen LogP contribution in [0.15, 0.2) is 48.2 Å². The lowest BCUT2D eigenvalue weighted by molar-refractivity contribution is 0.104. The fourth-order valence-corrected chi connectivity index (χ4v) is 2.54. The highest BCUT2D eigenvalue weighted by atomic mass is 19.1. The van der Waals surface area contributed by atoms with E-state index in [2.05, 4.69) is 4.98 Å². The van der Waals surface area contributed by atoms with Crippen LogP contribution in [0.3, 0.4) is 0 Å². The molecule has 5 nitrogen and oxygen atoms in total. The third-order valence-corrected chi connectivity index (χ3v) is 3.77. The summed E-state index contributed by atoms with van der Waals surface area (Å²) in [7, 11) is 1.43. The van der Waals surface area contributed by atoms with E-state index in [1.165, 1.54) is 49.7 Å². The number of fused-ring (bicyclic) bond motifs is 1. The predicted molar refractivity (Wildman–Crippen MR) is 90.8 cm³/mol. The van der Waals surface area contributed by atoms with Crippen molar-refractivity contribution in [3.63, 3.8) is 0 Å². The van der Waals surface area contributed by atoms with E-state index >= 15 is 0 Å². The molecule has 0 radical (unpaired) electrons. The fraction of sp³-hybridized carbons (Fsp3) is 0.0526. The lowest BCUT2D eigenvalue weighted by Gasteiger charge is -2.04. The van der Waals surface area contributed by atoms with Crippen LogP contribution in [0.1, 0.15) is 15.9 Å². The molecule has 3 rings (SSSR count). The van der Waals surface area contributed by atoms with Gasteiger partial charge in [0.15, 0.2) is 11.5 Å². The Hall–Kier alpha value is -3.59. The van der Waals surface area contributed by atoms with Crippen LogP contribution in [0, 0.1) is 17.1 Å². The van der Waals surface area contributed by atoms with Gasteiger partial charge in [-0.15, -0.1) is 0 Å². The number of ether oxygens (including phenoxy) is 1. The number of phenolic OH excluding ortho intramolecular Hbond substituents is 1. The van der Waals surface area contributed by atoms with Crippen molar-refractivity contribution < 1.29 is 19.0 Å². The van der Waals surface area contributed by atoms with Gasteiger partial charge in [0.05, 0.1) is 7.11 Å². The maximum Gasteiger partial charge on any atom is 0.205 e. The van der Waals surface area contributed by atoms with E-state index in [1.54, 1.807) is 6.07 Å². The summed E-state index contributed by atoms with van der Waals surface area (Å²) in [6.45, 7) is 0. The first kappa shape index (κ1) is 16.3. The van der Waals surface area contributed by atoms with Gasteiger partial charge < -0.3 is 14.8 Å². The second-order valence-corrected chi connectivity index (χ2v) is 5.32. The first-order valence-corrected chi connectivity index (χ1v) is 7.33. The molecule has 0 spiro atoms. The van der Waals surface area contributed by atoms with Gasteiger partial charge in [-0.3, -0.25) is 4.79 Å². The Morgan fingerprint density at radius 3 is 2.80 bits per heavy atom. The number of allylic oxidation sites excluding steroid dienone is 1. The molecule has 1 aromatic heterocycles. The van der Waals surface area contributed by atoms with Crippen molar-refractivity contribution in [2.45, 2.75) is 0 Å². The van der Waals surface area contributed by atoms with E-state index in [1.807, 2.05) is 6.07 Å². The molecule has 0 unspecified atom stereocenters. The van der Waals surface area contributed by atoms with Gasteiger partial charge in [0, 0.05) is 22.7 Å². The van der Waals surface area contributed by atoms with E-state index in [9.17, 15) is 19.6 Å². The second kappa shape index (κ2) is 6.49. The molecule has 0 atom stereocenters. The van der Waals surface area contributed by atoms with Crippen molar-refractivity contribution in [1.82, 2.24) is 4.98 Å². The normalized spacial score (nSPS) is 11.3. The van der Waals surface area contributed by atoms with Gasteiger partial charge in [-0.05, 0) is 42.0 Å². The number of aromatic hydroxyl groups is 1. The number of aromatic nitrogens is 1. The van der Waals surface area contributed by atoms with Gasteiger partial charge in [-0.25, -0.2) is 4.39 Å². The Balaban J connectivity index is 2.01. The summed E-state index contributed by atoms with van der Waals surface area (Å²) < 4.78 is 18.2. The smallest absolute Gasteiger partial charge is 0.205 e. The minimum atomic E-state index is -0.490. The van der Waals surface area contributed by atoms with E-state index < -0.39 is 11.6 Å². The standard InChI is InChI=1S/C19H13FN2O3/c1-25-18-5-2-11(7-17(18)23)6-12(9-21)19(24)15-10-22-16-8-13(20)3-4-14(15)16/h2-8,10,22-23H,1H3/b12-6+. The number of ketones is 1. The van der Waals surface area contributed by atoms with Crippen molar-refractivity contribution in [3.05, 3.63) is 65.1 Å². The molecule has 1 heterocycles. The molecule has 0 saturated carbocycles. The molecular weight excluding hydrogens is 323 g/mol. The number of carbonyl (C=O) groups is 1. The molecule has 0 bridgehead atoms. The number of nitriles is 1. The number of hydrogen-bond donors (Lipinski definition) is 2. The zero-order valence-electron chi connectivity index (χ0n) is 13.2. The molecule has 0 aliphatic rings. The van der Waals surface area contributed by atoms with Crippen LogP contribution in [0.4, 0.5) is 4.39 Å². The van der Waals surface area contributed by atoms with E-state index in [4.69, 9.17) is 4.74 Å². The number of H-pyrrole nitrogens is 1. The van der Waals surface area contributed by atoms with Gasteiger partial charge in [-0.1, -0.05) is 6.07 Å². The molecule has 3 aromatic rings. The van der Waals surface area contributed by atoms with Crippen LogP contribution in [-0.4, -0.2) is 23.0 Å². The van der Waals surface area contributed by atoms with E-state index in [-0.39, 0.29) is 16.9 Å². The summed E-state index contributed by atoms with van der Waals surface area (Å²) >= 11 is 0. The van der Waals surface area contributed by atoms with Gasteiger partial charge in [0.2, 0.25) is 5.78 Å². The van der Waals surface area contributed by atoms with Gasteiger partial charge >= 0.3 is 0 Å². The molecule has 0 aliphatic heterocycles. The summed E-state index contributed by atoms with van der Waals surface area (Å²) in [6.07, 6.45) is 2.83. The Kier molecular flexibility index (Phi) is 4.23. The first-order valence-electron chi connectivity index (χ1n) is 7.33. The fourth-order valence-electron chi connectivity index (χ4n) is 2.54. The average molecular weight is 336 g/mol. The number of carbonyl (C=O) groups excluding carboxylic acids is 1. The van der Waals surface area contributed by atoms with E-state index in [0.717, 1.165) is 0 Å². The molecule has 6 heteroatoms. The van der Waals surface area contributed by atoms with Crippen LogP contribution >= 0.6 is 0 Å². The molecule has 0 aliphatic carbocycles. The second-order valence-electron chi connectivity index (χ2n) is 5.32. The summed E-state index contributed by atoms with van der Waals surface area (Å²) in [5.41, 5.74) is 1.13. The zero-order chi connectivity index (χ0) is 18.0. The largest absolute Gasteiger partial charge is 0.504 e. The maximum atomic E-state index is 13.3. The summed E-state index contributed by atoms with van der Waals surface area (Å²) in [4.78, 5) is 15.5. The molecule has 0 amide bonds. The predicted octanol–water partition coefficient (Wildman–Crippen LogP) is 3.81. The molecule has 0 saturated heterocycles. The van der Waals surface area contributed by atoms with E-state index in [0.29, 0.717) is 22.2 Å². The topological polar surface area (TPSA) is 86.1 Å². The summed E-state index contributed by atoms with van der Waals surface area (Å²) in [6, 6.07) is 10.4. The van der Waals surface area contributed by atoms with Crippen LogP contribution in [0.5, 0.6) is 11.5 Å². The first-order chi connectivity index (χ1) is 12.0. The Bertz CT molecular complexity index is 1040. The van der Waals surface area contributed by atoms with Crippen LogP contribution < -0.4 is 4.74 Å². The third-order valence-electron chi connectivity index (χ3n) is 3.77. The Morgan fingerprint density at radius 2 is 2.12 bits per heavy atom. The number of Topliss-reactive ketones (excluding diaryl/α,β-unsaturated/α-hetero) is 1. The SMILES string of the molecule is COc1ccc(/C=C(\C#N)C(=O)c2c[nH]c3cc(F)ccc23)cc1O. The maximum absolute atomic E-state index is 13.3. The molecule has 124 valence electrons. The van der Waals surface area contributed by atoms with Crippen molar-refractivity contribution in [2.24, 2.45) is 0 Å². The highest BCUT2D eigenvalue weighted by Crippen LogP contribution is 2.28. The number of rotatable bonds is 4. The minimum Gasteiger partial charge on any atom is -0.504 e. The third kappa shape index (κ3) is 3.08. The van der Waals surface area contributed by atoms with Gasteiger partial charge in [0.25, 0.3) is 0 Å². The number of hydrogen-bond acceptors (Lipinski definition) is 4. The van der Waals surface area contributed by atoms with Gasteiger partial charge in [-0.2, -0.15) is 5.26 Å². The number of halogens is 1. The number of nitrogens with zero attached hydrogens (tertiary/aromatic N) is 1. The summed E-state index contributed by atoms with van der Waals surface area (Å²) in [5.74, 6) is -0.710. The monoisotopic (exact) mass is 336 g/mol. The number of methoxy groups -OCH3 is 1. The quantitative estimate of drug-likeness (QED) is 0.431. The molecule has 0 fully saturated rings. The highest BCUT2D eigenvalue weighted by molar-refractivity contribution is 6.19. The molecule has 25 heavy (non-hydrogen) atoms. The molecular formula is C19H13FN2O3. The van der Waals surface area contributed by atoms with Gasteiger partial charge in [0.1, 0.15) is 17.5 Å². The number of nitrogens with one attached hydrogen (secondary N) is 1. The van der Waals surface area contributed by atoms with Crippen molar-refractivity contribution in [3.8, 4) is 17.6 Å². The van der Waals surface area contributed by atoms with Crippen LogP contribution in [0.2, 0.25) is 0 Å². The average Bonchev–Trinajstić information content (AvgIpc) is 3.02. The van der Waals surface area contributed by atoms with Crippen molar-refractivity contribution in [2.75, 3.05) is 7.11 Å². The number of benzene rings is 2. The summed E-state index contributed by atoms with van der Waals surface area (Å²) in [5, 5.41) is 19.7. The number of phenols is 1. The molecule has 2 aromatic carbocycles. The zero-order valence-corrected chi connectivity index (χ0v) is 13.2. The lowest BCUT2D eigenvalue weighted by atomic mass is 10.0. The number of aromatic amines is 1. The van der Waals surface area contributed by atoms with Crippen LogP contribution in [-0.2, 0) is 0 Å². The van der Waals surface area contributed by atoms with Crippen molar-refractivity contribution >= 4 is 22.8 Å². The van der Waals surface area contributed by atoms with Crippen LogP contribution in [0.25, 0.3) is 17.0 Å². The molecule has 2 N–H and O–H groups in total. The lowest BCUT2D eigenvalue weighted by Crippen LogP contribution is -2.01. The highest BCUT2D eigenvalue weighted by Gasteiger charge is 2.17. The minimum absolute atomic E-state index is 0.0939.